The van der Waals surface area contributed by atoms with E-state index in [-0.39, 0.29) is 5.56 Å². The van der Waals surface area contributed by atoms with E-state index in [0.717, 1.165) is 53.4 Å². The summed E-state index contributed by atoms with van der Waals surface area (Å²) in [5, 5.41) is 7.96. The molecule has 3 aromatic rings. The number of aryl methyl sites for hydroxylation is 3. The van der Waals surface area contributed by atoms with E-state index in [1.807, 2.05) is 32.0 Å². The fraction of sp³-hybridized carbons (Fsp3) is 0.353. The monoisotopic (exact) mass is 310 g/mol. The van der Waals surface area contributed by atoms with Gasteiger partial charge >= 0.3 is 0 Å². The topological polar surface area (TPSA) is 73.0 Å². The molecule has 1 aromatic carbocycles. The highest BCUT2D eigenvalue weighted by molar-refractivity contribution is 5.81. The molecule has 0 atom stereocenters. The maximum absolute atomic E-state index is 12.6. The van der Waals surface area contributed by atoms with Crippen LogP contribution in [0, 0.1) is 13.8 Å². The van der Waals surface area contributed by atoms with Gasteiger partial charge in [-0.1, -0.05) is 5.16 Å². The zero-order valence-electron chi connectivity index (χ0n) is 13.2. The SMILES string of the molecule is Cc1noc(C)c1CNc1ccc2nc3n(c(=O)c2c1)CCC3. The van der Waals surface area contributed by atoms with Crippen LogP contribution in [-0.4, -0.2) is 14.7 Å². The van der Waals surface area contributed by atoms with Gasteiger partial charge in [0, 0.05) is 30.8 Å². The van der Waals surface area contributed by atoms with Gasteiger partial charge in [-0.05, 0) is 38.5 Å². The van der Waals surface area contributed by atoms with Gasteiger partial charge in [0.05, 0.1) is 16.6 Å². The lowest BCUT2D eigenvalue weighted by Gasteiger charge is -2.09. The van der Waals surface area contributed by atoms with E-state index >= 15 is 0 Å². The van der Waals surface area contributed by atoms with Crippen LogP contribution >= 0.6 is 0 Å². The summed E-state index contributed by atoms with van der Waals surface area (Å²) in [6.45, 7) is 5.21. The third-order valence-corrected chi connectivity index (χ3v) is 4.47. The number of nitrogens with zero attached hydrogens (tertiary/aromatic N) is 3. The van der Waals surface area contributed by atoms with Crippen molar-refractivity contribution in [2.75, 3.05) is 5.32 Å². The Kier molecular flexibility index (Phi) is 3.18. The van der Waals surface area contributed by atoms with E-state index in [1.54, 1.807) is 4.57 Å². The van der Waals surface area contributed by atoms with E-state index in [2.05, 4.69) is 15.5 Å². The first-order valence-corrected chi connectivity index (χ1v) is 7.82. The van der Waals surface area contributed by atoms with Gasteiger partial charge < -0.3 is 9.84 Å². The number of aromatic nitrogens is 3. The predicted molar refractivity (Wildman–Crippen MR) is 87.6 cm³/mol. The molecule has 2 aromatic heterocycles. The molecule has 1 N–H and O–H groups in total. The Morgan fingerprint density at radius 1 is 1.35 bits per heavy atom. The lowest BCUT2D eigenvalue weighted by atomic mass is 10.2. The average molecular weight is 310 g/mol. The Morgan fingerprint density at radius 2 is 2.22 bits per heavy atom. The van der Waals surface area contributed by atoms with Gasteiger partial charge in [0.2, 0.25) is 0 Å². The van der Waals surface area contributed by atoms with Crippen LogP contribution in [0.2, 0.25) is 0 Å². The maximum Gasteiger partial charge on any atom is 0.261 e. The molecule has 0 saturated heterocycles. The molecular weight excluding hydrogens is 292 g/mol. The molecular formula is C17H18N4O2. The highest BCUT2D eigenvalue weighted by Crippen LogP contribution is 2.20. The molecule has 0 aliphatic carbocycles. The molecule has 0 bridgehead atoms. The van der Waals surface area contributed by atoms with Crippen LogP contribution in [0.15, 0.2) is 27.5 Å². The van der Waals surface area contributed by atoms with Gasteiger partial charge in [0.15, 0.2) is 0 Å². The van der Waals surface area contributed by atoms with Crippen LogP contribution < -0.4 is 10.9 Å². The number of hydrogen-bond donors (Lipinski definition) is 1. The zero-order valence-corrected chi connectivity index (χ0v) is 13.2. The molecule has 1 aliphatic heterocycles. The quantitative estimate of drug-likeness (QED) is 0.805. The molecule has 23 heavy (non-hydrogen) atoms. The van der Waals surface area contributed by atoms with Crippen LogP contribution in [0.4, 0.5) is 5.69 Å². The first-order chi connectivity index (χ1) is 11.1. The first kappa shape index (κ1) is 14.0. The van der Waals surface area contributed by atoms with Crippen molar-refractivity contribution >= 4 is 16.6 Å². The van der Waals surface area contributed by atoms with Crippen molar-refractivity contribution in [2.24, 2.45) is 0 Å². The summed E-state index contributed by atoms with van der Waals surface area (Å²) >= 11 is 0. The van der Waals surface area contributed by atoms with E-state index in [1.165, 1.54) is 0 Å². The summed E-state index contributed by atoms with van der Waals surface area (Å²) in [6, 6.07) is 5.75. The Bertz CT molecular complexity index is 936. The van der Waals surface area contributed by atoms with Crippen molar-refractivity contribution in [1.82, 2.24) is 14.7 Å². The Balaban J connectivity index is 1.68. The number of benzene rings is 1. The molecule has 0 amide bonds. The van der Waals surface area contributed by atoms with Crippen molar-refractivity contribution in [2.45, 2.75) is 39.8 Å². The van der Waals surface area contributed by atoms with Crippen LogP contribution in [0.3, 0.4) is 0 Å². The number of rotatable bonds is 3. The van der Waals surface area contributed by atoms with Gasteiger partial charge in [-0.25, -0.2) is 4.98 Å². The van der Waals surface area contributed by atoms with Crippen molar-refractivity contribution in [3.63, 3.8) is 0 Å². The third kappa shape index (κ3) is 2.30. The molecule has 118 valence electrons. The maximum atomic E-state index is 12.6. The van der Waals surface area contributed by atoms with Crippen molar-refractivity contribution in [3.05, 3.63) is 51.4 Å². The molecule has 3 heterocycles. The lowest BCUT2D eigenvalue weighted by molar-refractivity contribution is 0.392. The summed E-state index contributed by atoms with van der Waals surface area (Å²) in [5.41, 5.74) is 3.66. The van der Waals surface area contributed by atoms with Gasteiger partial charge in [-0.15, -0.1) is 0 Å². The largest absolute Gasteiger partial charge is 0.381 e. The summed E-state index contributed by atoms with van der Waals surface area (Å²) in [5.74, 6) is 1.72. The van der Waals surface area contributed by atoms with Crippen LogP contribution in [-0.2, 0) is 19.5 Å². The molecule has 0 saturated carbocycles. The fourth-order valence-electron chi connectivity index (χ4n) is 3.14. The molecule has 0 fully saturated rings. The summed E-state index contributed by atoms with van der Waals surface area (Å²) in [7, 11) is 0. The zero-order chi connectivity index (χ0) is 16.0. The van der Waals surface area contributed by atoms with E-state index < -0.39 is 0 Å². The minimum absolute atomic E-state index is 0.0588. The second-order valence-electron chi connectivity index (χ2n) is 5.98. The minimum Gasteiger partial charge on any atom is -0.381 e. The number of hydrogen-bond acceptors (Lipinski definition) is 5. The van der Waals surface area contributed by atoms with Gasteiger partial charge in [0.1, 0.15) is 11.6 Å². The summed E-state index contributed by atoms with van der Waals surface area (Å²) < 4.78 is 6.96. The van der Waals surface area contributed by atoms with Crippen molar-refractivity contribution in [1.29, 1.82) is 0 Å². The molecule has 1 aliphatic rings. The second kappa shape index (κ2) is 5.22. The number of nitrogens with one attached hydrogen (secondary N) is 1. The Labute approximate surface area is 133 Å². The molecule has 0 unspecified atom stereocenters. The molecule has 0 radical (unpaired) electrons. The van der Waals surface area contributed by atoms with E-state index in [9.17, 15) is 4.79 Å². The molecule has 0 spiro atoms. The first-order valence-electron chi connectivity index (χ1n) is 7.82. The Morgan fingerprint density at radius 3 is 3.00 bits per heavy atom. The summed E-state index contributed by atoms with van der Waals surface area (Å²) in [4.78, 5) is 17.2. The second-order valence-corrected chi connectivity index (χ2v) is 5.98. The van der Waals surface area contributed by atoms with Crippen LogP contribution in [0.5, 0.6) is 0 Å². The van der Waals surface area contributed by atoms with Crippen LogP contribution in [0.25, 0.3) is 10.9 Å². The van der Waals surface area contributed by atoms with Crippen molar-refractivity contribution < 1.29 is 4.52 Å². The molecule has 6 nitrogen and oxygen atoms in total. The summed E-state index contributed by atoms with van der Waals surface area (Å²) in [6.07, 6.45) is 1.88. The average Bonchev–Trinajstić information content (AvgIpc) is 3.13. The smallest absolute Gasteiger partial charge is 0.261 e. The van der Waals surface area contributed by atoms with Gasteiger partial charge in [-0.2, -0.15) is 0 Å². The number of fused-ring (bicyclic) bond motifs is 2. The van der Waals surface area contributed by atoms with Gasteiger partial charge in [0.25, 0.3) is 5.56 Å². The van der Waals surface area contributed by atoms with Gasteiger partial charge in [-0.3, -0.25) is 9.36 Å². The third-order valence-electron chi connectivity index (χ3n) is 4.47. The van der Waals surface area contributed by atoms with Crippen molar-refractivity contribution in [3.8, 4) is 0 Å². The van der Waals surface area contributed by atoms with E-state index in [0.29, 0.717) is 11.9 Å². The van der Waals surface area contributed by atoms with Crippen LogP contribution in [0.1, 0.15) is 29.3 Å². The van der Waals surface area contributed by atoms with E-state index in [4.69, 9.17) is 4.52 Å². The lowest BCUT2D eigenvalue weighted by Crippen LogP contribution is -2.21. The highest BCUT2D eigenvalue weighted by atomic mass is 16.5. The highest BCUT2D eigenvalue weighted by Gasteiger charge is 2.16. The standard InChI is InChI=1S/C17H18N4O2/c1-10-14(11(2)23-20-10)9-18-12-5-6-15-13(8-12)17(22)21-7-3-4-16(21)19-15/h5-6,8,18H,3-4,7,9H2,1-2H3. The fourth-order valence-corrected chi connectivity index (χ4v) is 3.14. The molecule has 6 heteroatoms. The predicted octanol–water partition coefficient (Wildman–Crippen LogP) is 2.56. The number of anilines is 1. The Hall–Kier alpha value is -2.63. The normalized spacial score (nSPS) is 13.5. The minimum atomic E-state index is 0.0588. The molecule has 4 rings (SSSR count).